The average molecular weight is 569 g/mol. The van der Waals surface area contributed by atoms with Gasteiger partial charge in [0.05, 0.1) is 17.4 Å². The van der Waals surface area contributed by atoms with Gasteiger partial charge in [0.15, 0.2) is 0 Å². The maximum absolute atomic E-state index is 5.13. The van der Waals surface area contributed by atoms with Crippen molar-refractivity contribution in [3.05, 3.63) is 180 Å². The Hall–Kier alpha value is -5.54. The van der Waals surface area contributed by atoms with E-state index < -0.39 is 0 Å². The Bertz CT molecular complexity index is 1910. The van der Waals surface area contributed by atoms with Crippen molar-refractivity contribution in [1.29, 1.82) is 0 Å². The summed E-state index contributed by atoms with van der Waals surface area (Å²) in [5.74, 6) is 0. The van der Waals surface area contributed by atoms with Crippen LogP contribution in [0.15, 0.2) is 163 Å². The first kappa shape index (κ1) is 27.3. The van der Waals surface area contributed by atoms with Crippen LogP contribution in [0.4, 0.5) is 5.69 Å². The van der Waals surface area contributed by atoms with Gasteiger partial charge in [-0.3, -0.25) is 5.01 Å². The van der Waals surface area contributed by atoms with Crippen molar-refractivity contribution in [2.45, 2.75) is 12.5 Å². The van der Waals surface area contributed by atoms with Gasteiger partial charge in [0.2, 0.25) is 11.4 Å². The lowest BCUT2D eigenvalue weighted by Gasteiger charge is -2.24. The van der Waals surface area contributed by atoms with Crippen LogP contribution in [0.3, 0.4) is 0 Å². The minimum Gasteiger partial charge on any atom is -0.257 e. The number of anilines is 1. The third-order valence-electron chi connectivity index (χ3n) is 8.33. The van der Waals surface area contributed by atoms with E-state index in [1.807, 2.05) is 0 Å². The number of rotatable bonds is 7. The standard InChI is InChI=1S/C41H34N3/c1-43-38(28-36(32-14-6-2-7-15-32)29-40(43)34-18-10-4-11-19-34)27-24-31-22-25-37(26-23-31)44-41(35-20-12-5-13-21-35)30-39(42-44)33-16-8-3-9-17-33/h2-29,41H,30H2,1H3/q+1/t41-/m1/s1. The topological polar surface area (TPSA) is 19.5 Å². The largest absolute Gasteiger partial charge is 0.257 e. The molecule has 0 radical (unpaired) electrons. The molecule has 0 saturated carbocycles. The molecule has 1 aliphatic heterocycles. The highest BCUT2D eigenvalue weighted by molar-refractivity contribution is 6.03. The Balaban J connectivity index is 1.20. The molecule has 1 atom stereocenters. The molecule has 0 N–H and O–H groups in total. The number of aromatic nitrogens is 1. The third kappa shape index (κ3) is 5.73. The van der Waals surface area contributed by atoms with Crippen molar-refractivity contribution in [2.24, 2.45) is 12.1 Å². The second-order valence-electron chi connectivity index (χ2n) is 11.2. The van der Waals surface area contributed by atoms with E-state index in [1.54, 1.807) is 0 Å². The van der Waals surface area contributed by atoms with Gasteiger partial charge in [-0.25, -0.2) is 0 Å². The highest BCUT2D eigenvalue weighted by atomic mass is 15.5. The molecule has 0 bridgehead atoms. The summed E-state index contributed by atoms with van der Waals surface area (Å²) >= 11 is 0. The van der Waals surface area contributed by atoms with E-state index in [0.717, 1.165) is 29.1 Å². The van der Waals surface area contributed by atoms with Crippen LogP contribution in [-0.4, -0.2) is 5.71 Å². The Morgan fingerprint density at radius 2 is 1.16 bits per heavy atom. The van der Waals surface area contributed by atoms with Gasteiger partial charge in [-0.2, -0.15) is 9.67 Å². The summed E-state index contributed by atoms with van der Waals surface area (Å²) < 4.78 is 2.27. The number of hydrogen-bond donors (Lipinski definition) is 0. The summed E-state index contributed by atoms with van der Waals surface area (Å²) in [6.07, 6.45) is 5.27. The van der Waals surface area contributed by atoms with Crippen molar-refractivity contribution in [1.82, 2.24) is 0 Å². The van der Waals surface area contributed by atoms with E-state index in [4.69, 9.17) is 5.10 Å². The first-order valence-electron chi connectivity index (χ1n) is 15.1. The molecular formula is C41H34N3+. The number of pyridine rings is 1. The van der Waals surface area contributed by atoms with Crippen LogP contribution in [0, 0.1) is 0 Å². The highest BCUT2D eigenvalue weighted by Gasteiger charge is 2.29. The van der Waals surface area contributed by atoms with Crippen LogP contribution >= 0.6 is 0 Å². The molecular weight excluding hydrogens is 534 g/mol. The fraction of sp³-hybridized carbons (Fsp3) is 0.0732. The lowest BCUT2D eigenvalue weighted by molar-refractivity contribution is -0.662. The molecule has 3 heteroatoms. The summed E-state index contributed by atoms with van der Waals surface area (Å²) in [5, 5.41) is 7.31. The molecule has 0 unspecified atom stereocenters. The molecule has 0 saturated heterocycles. The Morgan fingerprint density at radius 1 is 0.591 bits per heavy atom. The normalized spacial score (nSPS) is 14.6. The van der Waals surface area contributed by atoms with Gasteiger partial charge in [0, 0.05) is 30.2 Å². The summed E-state index contributed by atoms with van der Waals surface area (Å²) in [5.41, 5.74) is 11.7. The van der Waals surface area contributed by atoms with Gasteiger partial charge in [-0.05, 0) is 58.2 Å². The van der Waals surface area contributed by atoms with E-state index >= 15 is 0 Å². The molecule has 0 spiro atoms. The molecule has 44 heavy (non-hydrogen) atoms. The van der Waals surface area contributed by atoms with Gasteiger partial charge in [0.25, 0.3) is 0 Å². The first-order valence-corrected chi connectivity index (χ1v) is 15.1. The van der Waals surface area contributed by atoms with Crippen LogP contribution in [0.25, 0.3) is 34.5 Å². The molecule has 0 fully saturated rings. The minimum absolute atomic E-state index is 0.156. The zero-order chi connectivity index (χ0) is 29.7. The minimum atomic E-state index is 0.156. The Morgan fingerprint density at radius 3 is 1.80 bits per heavy atom. The summed E-state index contributed by atoms with van der Waals surface area (Å²) in [6, 6.07) is 55.8. The molecule has 6 aromatic rings. The fourth-order valence-electron chi connectivity index (χ4n) is 5.93. The summed E-state index contributed by atoms with van der Waals surface area (Å²) in [6.45, 7) is 0. The third-order valence-corrected chi connectivity index (χ3v) is 8.33. The number of hydrogen-bond acceptors (Lipinski definition) is 2. The van der Waals surface area contributed by atoms with Crippen LogP contribution in [-0.2, 0) is 7.05 Å². The number of benzene rings is 5. The molecule has 1 aromatic heterocycles. The predicted octanol–water partition coefficient (Wildman–Crippen LogP) is 9.37. The first-order chi connectivity index (χ1) is 21.7. The number of nitrogens with zero attached hydrogens (tertiary/aromatic N) is 3. The molecule has 2 heterocycles. The van der Waals surface area contributed by atoms with E-state index in [0.29, 0.717) is 0 Å². The molecule has 3 nitrogen and oxygen atoms in total. The van der Waals surface area contributed by atoms with Crippen LogP contribution < -0.4 is 9.58 Å². The van der Waals surface area contributed by atoms with E-state index in [9.17, 15) is 0 Å². The molecule has 0 aliphatic carbocycles. The number of hydrazone groups is 1. The highest BCUT2D eigenvalue weighted by Crippen LogP contribution is 2.37. The molecule has 5 aromatic carbocycles. The van der Waals surface area contributed by atoms with Crippen molar-refractivity contribution in [3.63, 3.8) is 0 Å². The lowest BCUT2D eigenvalue weighted by Crippen LogP contribution is -2.34. The quantitative estimate of drug-likeness (QED) is 0.176. The zero-order valence-electron chi connectivity index (χ0n) is 24.8. The second kappa shape index (κ2) is 12.4. The zero-order valence-corrected chi connectivity index (χ0v) is 24.8. The lowest BCUT2D eigenvalue weighted by atomic mass is 9.98. The molecule has 1 aliphatic rings. The monoisotopic (exact) mass is 568 g/mol. The predicted molar refractivity (Wildman–Crippen MR) is 183 cm³/mol. The van der Waals surface area contributed by atoms with Crippen LogP contribution in [0.1, 0.15) is 34.8 Å². The van der Waals surface area contributed by atoms with Gasteiger partial charge >= 0.3 is 0 Å². The van der Waals surface area contributed by atoms with Gasteiger partial charge in [0.1, 0.15) is 7.05 Å². The van der Waals surface area contributed by atoms with Gasteiger partial charge < -0.3 is 0 Å². The maximum Gasteiger partial charge on any atom is 0.213 e. The van der Waals surface area contributed by atoms with Crippen molar-refractivity contribution in [2.75, 3.05) is 5.01 Å². The van der Waals surface area contributed by atoms with E-state index in [2.05, 4.69) is 187 Å². The summed E-state index contributed by atoms with van der Waals surface area (Å²) in [7, 11) is 2.14. The molecule has 7 rings (SSSR count). The van der Waals surface area contributed by atoms with Crippen molar-refractivity contribution in [3.8, 4) is 22.4 Å². The maximum atomic E-state index is 5.13. The van der Waals surface area contributed by atoms with Crippen molar-refractivity contribution < 1.29 is 4.57 Å². The van der Waals surface area contributed by atoms with Gasteiger partial charge in [-0.1, -0.05) is 121 Å². The van der Waals surface area contributed by atoms with Gasteiger partial charge in [-0.15, -0.1) is 0 Å². The second-order valence-corrected chi connectivity index (χ2v) is 11.2. The average Bonchev–Trinajstić information content (AvgIpc) is 3.55. The van der Waals surface area contributed by atoms with E-state index in [1.165, 1.54) is 33.5 Å². The van der Waals surface area contributed by atoms with Crippen LogP contribution in [0.2, 0.25) is 0 Å². The SMILES string of the molecule is C[n+]1c(/C=C/c2ccc(N3N=C(c4ccccc4)C[C@@H]3c3ccccc3)cc2)cc(-c2ccccc2)cc1-c1ccccc1. The van der Waals surface area contributed by atoms with E-state index in [-0.39, 0.29) is 6.04 Å². The molecule has 0 amide bonds. The fourth-order valence-corrected chi connectivity index (χ4v) is 5.93. The Kier molecular flexibility index (Phi) is 7.67. The van der Waals surface area contributed by atoms with Crippen molar-refractivity contribution >= 4 is 23.6 Å². The van der Waals surface area contributed by atoms with Crippen LogP contribution in [0.5, 0.6) is 0 Å². The smallest absolute Gasteiger partial charge is 0.213 e. The molecule has 212 valence electrons. The Labute approximate surface area is 259 Å². The summed E-state index contributed by atoms with van der Waals surface area (Å²) in [4.78, 5) is 0.